The molecule has 25 heavy (non-hydrogen) atoms. The molecular formula is C17H20F2N4O2. The summed E-state index contributed by atoms with van der Waals surface area (Å²) in [7, 11) is 0. The molecule has 2 heterocycles. The largest absolute Gasteiger partial charge is 0.433 e. The minimum atomic E-state index is -2.96. The van der Waals surface area contributed by atoms with E-state index in [1.54, 1.807) is 36.0 Å². The van der Waals surface area contributed by atoms with Gasteiger partial charge < -0.3 is 15.4 Å². The Morgan fingerprint density at radius 1 is 1.44 bits per heavy atom. The number of benzene rings is 1. The van der Waals surface area contributed by atoms with Crippen molar-refractivity contribution in [3.05, 3.63) is 41.7 Å². The first kappa shape index (κ1) is 17.3. The van der Waals surface area contributed by atoms with Gasteiger partial charge in [0.1, 0.15) is 5.75 Å². The zero-order valence-corrected chi connectivity index (χ0v) is 13.8. The van der Waals surface area contributed by atoms with Gasteiger partial charge in [-0.15, -0.1) is 0 Å². The summed E-state index contributed by atoms with van der Waals surface area (Å²) in [6.45, 7) is 0.550. The van der Waals surface area contributed by atoms with Crippen molar-refractivity contribution in [3.63, 3.8) is 0 Å². The van der Waals surface area contributed by atoms with Crippen LogP contribution >= 0.6 is 0 Å². The lowest BCUT2D eigenvalue weighted by Gasteiger charge is -2.22. The Morgan fingerprint density at radius 3 is 3.00 bits per heavy atom. The lowest BCUT2D eigenvalue weighted by molar-refractivity contribution is -0.0493. The molecule has 2 N–H and O–H groups in total. The molecule has 0 radical (unpaired) electrons. The highest BCUT2D eigenvalue weighted by Gasteiger charge is 2.19. The van der Waals surface area contributed by atoms with E-state index in [2.05, 4.69) is 20.5 Å². The second kappa shape index (κ2) is 7.60. The molecule has 6 nitrogen and oxygen atoms in total. The first-order chi connectivity index (χ1) is 12.0. The molecule has 2 aromatic rings. The Bertz CT molecular complexity index is 742. The summed E-state index contributed by atoms with van der Waals surface area (Å²) in [4.78, 5) is 12.5. The first-order valence-electron chi connectivity index (χ1n) is 8.16. The number of aryl methyl sites for hydroxylation is 1. The zero-order chi connectivity index (χ0) is 17.8. The maximum Gasteiger partial charge on any atom is 0.387 e. The van der Waals surface area contributed by atoms with Crippen LogP contribution in [0.3, 0.4) is 0 Å². The summed E-state index contributed by atoms with van der Waals surface area (Å²) in [5.41, 5.74) is 1.08. The Balaban J connectivity index is 1.75. The normalized spacial score (nSPS) is 17.5. The number of hydrogen-bond donors (Lipinski definition) is 2. The van der Waals surface area contributed by atoms with E-state index in [1.165, 1.54) is 6.07 Å². The van der Waals surface area contributed by atoms with E-state index in [0.29, 0.717) is 5.56 Å². The number of anilines is 1. The average Bonchev–Trinajstić information content (AvgIpc) is 3.08. The summed E-state index contributed by atoms with van der Waals surface area (Å²) in [5.74, 6) is -0.532. The van der Waals surface area contributed by atoms with Crippen molar-refractivity contribution in [1.82, 2.24) is 15.1 Å². The minimum absolute atomic E-state index is 0.0701. The van der Waals surface area contributed by atoms with E-state index < -0.39 is 12.5 Å². The fourth-order valence-corrected chi connectivity index (χ4v) is 2.89. The quantitative estimate of drug-likeness (QED) is 0.870. The third kappa shape index (κ3) is 4.14. The summed E-state index contributed by atoms with van der Waals surface area (Å²) in [6.07, 6.45) is 3.82. The van der Waals surface area contributed by atoms with Gasteiger partial charge in [0.15, 0.2) is 5.69 Å². The highest BCUT2D eigenvalue weighted by Crippen LogP contribution is 2.29. The van der Waals surface area contributed by atoms with E-state index in [-0.39, 0.29) is 23.2 Å². The van der Waals surface area contributed by atoms with Crippen molar-refractivity contribution in [1.29, 1.82) is 0 Å². The van der Waals surface area contributed by atoms with Crippen LogP contribution in [-0.4, -0.2) is 35.4 Å². The number of carbonyl (C=O) groups excluding carboxylic acids is 1. The van der Waals surface area contributed by atoms with Crippen LogP contribution in [0.2, 0.25) is 0 Å². The summed E-state index contributed by atoms with van der Waals surface area (Å²) < 4.78 is 31.3. The predicted molar refractivity (Wildman–Crippen MR) is 89.1 cm³/mol. The van der Waals surface area contributed by atoms with E-state index in [9.17, 15) is 13.6 Å². The number of carbonyl (C=O) groups is 1. The highest BCUT2D eigenvalue weighted by atomic mass is 19.3. The number of para-hydroxylation sites is 1. The molecule has 0 bridgehead atoms. The highest BCUT2D eigenvalue weighted by molar-refractivity contribution is 6.04. The van der Waals surface area contributed by atoms with Crippen molar-refractivity contribution in [2.45, 2.75) is 32.4 Å². The van der Waals surface area contributed by atoms with Crippen molar-refractivity contribution in [3.8, 4) is 5.75 Å². The van der Waals surface area contributed by atoms with Crippen LogP contribution in [0.1, 0.15) is 34.9 Å². The fraction of sp³-hybridized carbons (Fsp3) is 0.412. The molecule has 1 unspecified atom stereocenters. The number of piperidine rings is 1. The molecule has 0 aliphatic carbocycles. The number of aromatic nitrogens is 2. The number of rotatable bonds is 5. The number of nitrogens with zero attached hydrogens (tertiary/aromatic N) is 2. The van der Waals surface area contributed by atoms with Gasteiger partial charge in [0, 0.05) is 12.7 Å². The van der Waals surface area contributed by atoms with Gasteiger partial charge in [-0.2, -0.15) is 13.9 Å². The van der Waals surface area contributed by atoms with E-state index in [0.717, 1.165) is 25.9 Å². The van der Waals surface area contributed by atoms with Crippen LogP contribution in [0.25, 0.3) is 0 Å². The van der Waals surface area contributed by atoms with Crippen LogP contribution in [0.4, 0.5) is 14.5 Å². The van der Waals surface area contributed by atoms with E-state index in [4.69, 9.17) is 0 Å². The maximum absolute atomic E-state index is 12.5. The topological polar surface area (TPSA) is 68.2 Å². The molecule has 1 aromatic carbocycles. The van der Waals surface area contributed by atoms with Gasteiger partial charge in [-0.3, -0.25) is 9.48 Å². The van der Waals surface area contributed by atoms with Gasteiger partial charge in [0.25, 0.3) is 5.91 Å². The van der Waals surface area contributed by atoms with Gasteiger partial charge in [-0.05, 0) is 44.0 Å². The molecule has 1 fully saturated rings. The van der Waals surface area contributed by atoms with Gasteiger partial charge in [0.05, 0.1) is 11.7 Å². The van der Waals surface area contributed by atoms with Crippen LogP contribution in [-0.2, 0) is 0 Å². The number of hydrogen-bond acceptors (Lipinski definition) is 4. The third-order valence-corrected chi connectivity index (χ3v) is 4.18. The van der Waals surface area contributed by atoms with Crippen molar-refractivity contribution in [2.24, 2.45) is 0 Å². The molecule has 134 valence electrons. The number of ether oxygens (including phenoxy) is 1. The smallest absolute Gasteiger partial charge is 0.387 e. The molecule has 0 spiro atoms. The lowest BCUT2D eigenvalue weighted by Crippen LogP contribution is -2.32. The lowest BCUT2D eigenvalue weighted by atomic mass is 10.1. The van der Waals surface area contributed by atoms with E-state index >= 15 is 0 Å². The third-order valence-electron chi connectivity index (χ3n) is 4.18. The number of nitrogens with one attached hydrogen (secondary N) is 2. The summed E-state index contributed by atoms with van der Waals surface area (Å²) in [5, 5.41) is 10.2. The molecule has 1 aromatic heterocycles. The summed E-state index contributed by atoms with van der Waals surface area (Å²) >= 11 is 0. The Kier molecular flexibility index (Phi) is 5.28. The fourth-order valence-electron chi connectivity index (χ4n) is 2.89. The Morgan fingerprint density at radius 2 is 2.28 bits per heavy atom. The van der Waals surface area contributed by atoms with Gasteiger partial charge in [0.2, 0.25) is 0 Å². The monoisotopic (exact) mass is 350 g/mol. The van der Waals surface area contributed by atoms with Crippen molar-refractivity contribution >= 4 is 11.6 Å². The molecule has 3 rings (SSSR count). The van der Waals surface area contributed by atoms with E-state index in [1.807, 2.05) is 0 Å². The molecule has 1 saturated heterocycles. The van der Waals surface area contributed by atoms with Crippen LogP contribution < -0.4 is 15.4 Å². The zero-order valence-electron chi connectivity index (χ0n) is 13.8. The second-order valence-corrected chi connectivity index (χ2v) is 5.96. The second-order valence-electron chi connectivity index (χ2n) is 5.96. The molecule has 1 amide bonds. The van der Waals surface area contributed by atoms with Crippen LogP contribution in [0.15, 0.2) is 30.5 Å². The average molecular weight is 350 g/mol. The maximum atomic E-state index is 12.5. The molecule has 1 aliphatic rings. The SMILES string of the molecule is Cc1cccc(OC(F)F)c1NC(=O)c1ccn(C2CCCNC2)n1. The van der Waals surface area contributed by atoms with Gasteiger partial charge in [-0.25, -0.2) is 0 Å². The first-order valence-corrected chi connectivity index (χ1v) is 8.16. The van der Waals surface area contributed by atoms with Crippen LogP contribution in [0.5, 0.6) is 5.75 Å². The molecular weight excluding hydrogens is 330 g/mol. The number of alkyl halides is 2. The standard InChI is InChI=1S/C17H20F2N4O2/c1-11-4-2-6-14(25-17(18)19)15(11)21-16(24)13-7-9-23(22-13)12-5-3-8-20-10-12/h2,4,6-7,9,12,17,20H,3,5,8,10H2,1H3,(H,21,24). The predicted octanol–water partition coefficient (Wildman–Crippen LogP) is 2.97. The Labute approximate surface area is 144 Å². The molecule has 0 saturated carbocycles. The van der Waals surface area contributed by atoms with Crippen molar-refractivity contribution < 1.29 is 18.3 Å². The minimum Gasteiger partial charge on any atom is -0.433 e. The van der Waals surface area contributed by atoms with Crippen molar-refractivity contribution in [2.75, 3.05) is 18.4 Å². The Hall–Kier alpha value is -2.48. The molecule has 8 heteroatoms. The summed E-state index contributed by atoms with van der Waals surface area (Å²) in [6, 6.07) is 6.52. The number of halogens is 2. The van der Waals surface area contributed by atoms with Crippen LogP contribution in [0, 0.1) is 6.92 Å². The molecule has 1 aliphatic heterocycles. The number of amides is 1. The van der Waals surface area contributed by atoms with Gasteiger partial charge in [-0.1, -0.05) is 12.1 Å². The molecule has 1 atom stereocenters. The van der Waals surface area contributed by atoms with Gasteiger partial charge >= 0.3 is 6.61 Å².